The Morgan fingerprint density at radius 1 is 1.27 bits per heavy atom. The number of hydrogen-bond donors (Lipinski definition) is 1. The van der Waals surface area contributed by atoms with E-state index < -0.39 is 0 Å². The fourth-order valence-corrected chi connectivity index (χ4v) is 3.75. The third-order valence-electron chi connectivity index (χ3n) is 4.55. The number of amides is 1. The molecule has 1 N–H and O–H groups in total. The molecule has 2 heterocycles. The highest BCUT2D eigenvalue weighted by Crippen LogP contribution is 2.17. The fraction of sp³-hybridized carbons (Fsp3) is 0.400. The lowest BCUT2D eigenvalue weighted by Crippen LogP contribution is -2.44. The molecule has 0 radical (unpaired) electrons. The maximum atomic E-state index is 12.1. The Balaban J connectivity index is 1.33. The van der Waals surface area contributed by atoms with Gasteiger partial charge in [0.05, 0.1) is 17.0 Å². The lowest BCUT2D eigenvalue weighted by atomic mass is 10.0. The van der Waals surface area contributed by atoms with Crippen molar-refractivity contribution in [3.05, 3.63) is 52.2 Å². The van der Waals surface area contributed by atoms with Crippen LogP contribution in [0.4, 0.5) is 0 Å². The van der Waals surface area contributed by atoms with Crippen LogP contribution in [0.15, 0.2) is 41.8 Å². The number of carbonyl (C=O) groups is 1. The van der Waals surface area contributed by atoms with E-state index >= 15 is 0 Å². The van der Waals surface area contributed by atoms with E-state index in [1.807, 2.05) is 35.7 Å². The zero-order chi connectivity index (χ0) is 18.2. The molecule has 1 aromatic carbocycles. The van der Waals surface area contributed by atoms with Crippen molar-refractivity contribution in [3.63, 3.8) is 0 Å². The standard InChI is InChI=1S/C20H23N3O2S/c21-15-16-5-1-2-6-18(16)25-13-4-10-23-11-8-17(9-12-23)22-20(24)19-7-3-14-26-19/h1-3,5-7,14,17H,4,8-13H2,(H,22,24). The van der Waals surface area contributed by atoms with Crippen LogP contribution in [0.3, 0.4) is 0 Å². The molecule has 0 unspecified atom stereocenters. The Hall–Kier alpha value is -2.36. The van der Waals surface area contributed by atoms with Gasteiger partial charge in [0.1, 0.15) is 11.8 Å². The van der Waals surface area contributed by atoms with Crippen LogP contribution in [-0.2, 0) is 0 Å². The minimum Gasteiger partial charge on any atom is -0.492 e. The minimum atomic E-state index is 0.0445. The Bertz CT molecular complexity index is 747. The molecule has 2 aromatic rings. The smallest absolute Gasteiger partial charge is 0.261 e. The predicted octanol–water partition coefficient (Wildman–Crippen LogP) is 3.28. The van der Waals surface area contributed by atoms with E-state index in [1.165, 1.54) is 11.3 Å². The van der Waals surface area contributed by atoms with Crippen LogP contribution in [0.5, 0.6) is 5.75 Å². The van der Waals surface area contributed by atoms with Gasteiger partial charge in [-0.2, -0.15) is 5.26 Å². The van der Waals surface area contributed by atoms with E-state index in [4.69, 9.17) is 10.00 Å². The number of ether oxygens (including phenoxy) is 1. The molecule has 0 aliphatic carbocycles. The minimum absolute atomic E-state index is 0.0445. The molecule has 136 valence electrons. The first-order valence-corrected chi connectivity index (χ1v) is 9.83. The first kappa shape index (κ1) is 18.4. The summed E-state index contributed by atoms with van der Waals surface area (Å²) in [4.78, 5) is 15.3. The van der Waals surface area contributed by atoms with Gasteiger partial charge in [-0.3, -0.25) is 4.79 Å². The third-order valence-corrected chi connectivity index (χ3v) is 5.42. The SMILES string of the molecule is N#Cc1ccccc1OCCCN1CCC(NC(=O)c2cccs2)CC1. The molecule has 0 bridgehead atoms. The summed E-state index contributed by atoms with van der Waals surface area (Å²) in [6.45, 7) is 3.56. The van der Waals surface area contributed by atoms with Crippen molar-refractivity contribution >= 4 is 17.2 Å². The maximum absolute atomic E-state index is 12.1. The van der Waals surface area contributed by atoms with Gasteiger partial charge < -0.3 is 15.0 Å². The van der Waals surface area contributed by atoms with Gasteiger partial charge in [0, 0.05) is 25.7 Å². The topological polar surface area (TPSA) is 65.4 Å². The number of thiophene rings is 1. The maximum Gasteiger partial charge on any atom is 0.261 e. The van der Waals surface area contributed by atoms with Gasteiger partial charge in [-0.1, -0.05) is 18.2 Å². The molecule has 0 spiro atoms. The number of para-hydroxylation sites is 1. The monoisotopic (exact) mass is 369 g/mol. The predicted molar refractivity (Wildman–Crippen MR) is 103 cm³/mol. The van der Waals surface area contributed by atoms with E-state index in [1.54, 1.807) is 6.07 Å². The van der Waals surface area contributed by atoms with E-state index in [2.05, 4.69) is 16.3 Å². The van der Waals surface area contributed by atoms with Gasteiger partial charge in [0.25, 0.3) is 5.91 Å². The number of nitriles is 1. The van der Waals surface area contributed by atoms with Crippen LogP contribution >= 0.6 is 11.3 Å². The molecule has 26 heavy (non-hydrogen) atoms. The molecule has 1 aliphatic rings. The summed E-state index contributed by atoms with van der Waals surface area (Å²) in [5.74, 6) is 0.702. The molecular formula is C20H23N3O2S. The molecule has 3 rings (SSSR count). The van der Waals surface area contributed by atoms with Crippen molar-refractivity contribution in [1.29, 1.82) is 5.26 Å². The first-order chi connectivity index (χ1) is 12.8. The van der Waals surface area contributed by atoms with Crippen LogP contribution in [0.25, 0.3) is 0 Å². The summed E-state index contributed by atoms with van der Waals surface area (Å²) in [7, 11) is 0. The largest absolute Gasteiger partial charge is 0.492 e. The average Bonchev–Trinajstić information content (AvgIpc) is 3.22. The Morgan fingerprint density at radius 3 is 2.81 bits per heavy atom. The highest BCUT2D eigenvalue weighted by Gasteiger charge is 2.21. The van der Waals surface area contributed by atoms with Crippen LogP contribution in [-0.4, -0.2) is 43.1 Å². The molecule has 6 heteroatoms. The van der Waals surface area contributed by atoms with Crippen LogP contribution in [0.2, 0.25) is 0 Å². The zero-order valence-corrected chi connectivity index (χ0v) is 15.5. The number of nitrogens with one attached hydrogen (secondary N) is 1. The molecular weight excluding hydrogens is 346 g/mol. The molecule has 5 nitrogen and oxygen atoms in total. The molecule has 1 aliphatic heterocycles. The summed E-state index contributed by atoms with van der Waals surface area (Å²) in [6.07, 6.45) is 2.89. The van der Waals surface area contributed by atoms with Gasteiger partial charge >= 0.3 is 0 Å². The Morgan fingerprint density at radius 2 is 2.08 bits per heavy atom. The van der Waals surface area contributed by atoms with Crippen molar-refractivity contribution in [3.8, 4) is 11.8 Å². The van der Waals surface area contributed by atoms with Crippen LogP contribution in [0, 0.1) is 11.3 Å². The van der Waals surface area contributed by atoms with Gasteiger partial charge in [0.2, 0.25) is 0 Å². The average molecular weight is 369 g/mol. The first-order valence-electron chi connectivity index (χ1n) is 8.95. The van der Waals surface area contributed by atoms with Crippen LogP contribution < -0.4 is 10.1 Å². The quantitative estimate of drug-likeness (QED) is 0.761. The second kappa shape index (κ2) is 9.37. The van der Waals surface area contributed by atoms with Crippen molar-refractivity contribution in [2.75, 3.05) is 26.2 Å². The van der Waals surface area contributed by atoms with Gasteiger partial charge in [-0.15, -0.1) is 11.3 Å². The molecule has 0 atom stereocenters. The molecule has 1 aromatic heterocycles. The fourth-order valence-electron chi connectivity index (χ4n) is 3.12. The number of hydrogen-bond acceptors (Lipinski definition) is 5. The summed E-state index contributed by atoms with van der Waals surface area (Å²) in [6, 6.07) is 13.5. The van der Waals surface area contributed by atoms with E-state index in [0.717, 1.165) is 43.8 Å². The normalized spacial score (nSPS) is 15.3. The summed E-state index contributed by atoms with van der Waals surface area (Å²) in [5.41, 5.74) is 0.579. The molecule has 1 amide bonds. The Kier molecular flexibility index (Phi) is 6.64. The molecule has 0 saturated carbocycles. The van der Waals surface area contributed by atoms with Gasteiger partial charge in [0.15, 0.2) is 0 Å². The molecule has 1 fully saturated rings. The van der Waals surface area contributed by atoms with Crippen molar-refractivity contribution in [2.24, 2.45) is 0 Å². The summed E-state index contributed by atoms with van der Waals surface area (Å²) in [5, 5.41) is 14.1. The number of likely N-dealkylation sites (tertiary alicyclic amines) is 1. The van der Waals surface area contributed by atoms with Gasteiger partial charge in [-0.25, -0.2) is 0 Å². The Labute approximate surface area is 158 Å². The van der Waals surface area contributed by atoms with Crippen molar-refractivity contribution < 1.29 is 9.53 Å². The second-order valence-electron chi connectivity index (χ2n) is 6.38. The summed E-state index contributed by atoms with van der Waals surface area (Å²) >= 11 is 1.48. The van der Waals surface area contributed by atoms with Crippen molar-refractivity contribution in [2.45, 2.75) is 25.3 Å². The van der Waals surface area contributed by atoms with E-state index in [-0.39, 0.29) is 11.9 Å². The second-order valence-corrected chi connectivity index (χ2v) is 7.32. The van der Waals surface area contributed by atoms with E-state index in [0.29, 0.717) is 17.9 Å². The van der Waals surface area contributed by atoms with E-state index in [9.17, 15) is 4.79 Å². The number of rotatable bonds is 7. The highest BCUT2D eigenvalue weighted by atomic mass is 32.1. The third kappa shape index (κ3) is 5.07. The lowest BCUT2D eigenvalue weighted by Gasteiger charge is -2.32. The van der Waals surface area contributed by atoms with Crippen LogP contribution in [0.1, 0.15) is 34.5 Å². The van der Waals surface area contributed by atoms with Gasteiger partial charge in [-0.05, 0) is 42.8 Å². The number of nitrogens with zero attached hydrogens (tertiary/aromatic N) is 2. The highest BCUT2D eigenvalue weighted by molar-refractivity contribution is 7.12. The summed E-state index contributed by atoms with van der Waals surface area (Å²) < 4.78 is 5.73. The lowest BCUT2D eigenvalue weighted by molar-refractivity contribution is 0.0913. The molecule has 1 saturated heterocycles. The van der Waals surface area contributed by atoms with Crippen molar-refractivity contribution in [1.82, 2.24) is 10.2 Å². The number of benzene rings is 1. The zero-order valence-electron chi connectivity index (χ0n) is 14.7. The number of piperidine rings is 1. The number of carbonyl (C=O) groups excluding carboxylic acids is 1.